The topological polar surface area (TPSA) is 35.8 Å². The molecular weight excluding hydrogens is 231 g/mol. The van der Waals surface area contributed by atoms with Crippen LogP contribution in [0.1, 0.15) is 5.56 Å². The van der Waals surface area contributed by atoms with Gasteiger partial charge in [0.25, 0.3) is 0 Å². The van der Waals surface area contributed by atoms with Gasteiger partial charge in [-0.3, -0.25) is 4.90 Å². The maximum absolute atomic E-state index is 12.8. The lowest BCUT2D eigenvalue weighted by Crippen LogP contribution is -2.30. The highest BCUT2D eigenvalue weighted by Crippen LogP contribution is 2.06. The third-order valence-corrected chi connectivity index (χ3v) is 2.45. The molecule has 3 nitrogen and oxygen atoms in total. The van der Waals surface area contributed by atoms with Crippen LogP contribution in [0.3, 0.4) is 0 Å². The van der Waals surface area contributed by atoms with Crippen molar-refractivity contribution in [3.8, 4) is 0 Å². The quantitative estimate of drug-likeness (QED) is 0.348. The molecule has 0 amide bonds. The summed E-state index contributed by atoms with van der Waals surface area (Å²) in [5.74, 6) is -0.315. The fourth-order valence-corrected chi connectivity index (χ4v) is 1.60. The summed E-state index contributed by atoms with van der Waals surface area (Å²) in [7, 11) is 0. The fourth-order valence-electron chi connectivity index (χ4n) is 1.60. The Morgan fingerprint density at radius 2 is 1.78 bits per heavy atom. The van der Waals surface area contributed by atoms with Crippen molar-refractivity contribution < 1.29 is 9.60 Å². The number of hydrogen-bond acceptors (Lipinski definition) is 3. The Morgan fingerprint density at radius 1 is 1.22 bits per heavy atom. The van der Waals surface area contributed by atoms with E-state index in [1.807, 2.05) is 4.90 Å². The van der Waals surface area contributed by atoms with E-state index in [9.17, 15) is 4.39 Å². The number of benzene rings is 1. The van der Waals surface area contributed by atoms with E-state index in [-0.39, 0.29) is 5.82 Å². The van der Waals surface area contributed by atoms with Crippen LogP contribution in [0.2, 0.25) is 0 Å². The van der Waals surface area contributed by atoms with Gasteiger partial charge in [0, 0.05) is 25.2 Å². The Balaban J connectivity index is 2.80. The van der Waals surface area contributed by atoms with Crippen molar-refractivity contribution in [2.24, 2.45) is 5.16 Å². The Bertz CT molecular complexity index is 416. The van der Waals surface area contributed by atoms with Gasteiger partial charge in [0.1, 0.15) is 11.5 Å². The highest BCUT2D eigenvalue weighted by Gasteiger charge is 2.09. The van der Waals surface area contributed by atoms with Crippen molar-refractivity contribution in [1.29, 1.82) is 0 Å². The first kappa shape index (κ1) is 14.1. The average Bonchev–Trinajstić information content (AvgIpc) is 2.37. The van der Waals surface area contributed by atoms with Gasteiger partial charge in [-0.15, -0.1) is 13.2 Å². The van der Waals surface area contributed by atoms with Gasteiger partial charge in [-0.05, 0) is 12.1 Å². The highest BCUT2D eigenvalue weighted by atomic mass is 19.1. The Labute approximate surface area is 107 Å². The molecule has 1 aromatic rings. The second-order valence-corrected chi connectivity index (χ2v) is 3.83. The smallest absolute Gasteiger partial charge is 0.123 e. The van der Waals surface area contributed by atoms with Crippen LogP contribution in [0.4, 0.5) is 4.39 Å². The molecule has 0 saturated heterocycles. The molecule has 0 atom stereocenters. The predicted octanol–water partition coefficient (Wildman–Crippen LogP) is 2.68. The number of rotatable bonds is 7. The lowest BCUT2D eigenvalue weighted by Gasteiger charge is -2.19. The summed E-state index contributed by atoms with van der Waals surface area (Å²) >= 11 is 0. The van der Waals surface area contributed by atoms with E-state index in [1.165, 1.54) is 12.1 Å². The normalized spacial score (nSPS) is 11.6. The van der Waals surface area contributed by atoms with E-state index in [0.29, 0.717) is 30.9 Å². The molecule has 0 aliphatic rings. The zero-order chi connectivity index (χ0) is 13.4. The molecule has 0 fully saturated rings. The van der Waals surface area contributed by atoms with Crippen LogP contribution in [-0.2, 0) is 0 Å². The van der Waals surface area contributed by atoms with Crippen LogP contribution in [-0.4, -0.2) is 35.5 Å². The summed E-state index contributed by atoms with van der Waals surface area (Å²) in [6.45, 7) is 9.11. The molecule has 0 bridgehead atoms. The molecule has 0 saturated carbocycles. The molecular formula is C14H17FN2O. The number of nitrogens with zero attached hydrogens (tertiary/aromatic N) is 2. The Morgan fingerprint density at radius 3 is 2.22 bits per heavy atom. The Kier molecular flexibility index (Phi) is 5.80. The molecule has 0 spiro atoms. The maximum Gasteiger partial charge on any atom is 0.123 e. The minimum absolute atomic E-state index is 0.315. The first-order chi connectivity index (χ1) is 8.71. The summed E-state index contributed by atoms with van der Waals surface area (Å²) in [6, 6.07) is 5.85. The van der Waals surface area contributed by atoms with Crippen LogP contribution in [0.25, 0.3) is 0 Å². The molecule has 96 valence electrons. The molecule has 0 radical (unpaired) electrons. The van der Waals surface area contributed by atoms with E-state index in [0.717, 1.165) is 0 Å². The van der Waals surface area contributed by atoms with Crippen molar-refractivity contribution in [2.45, 2.75) is 0 Å². The first-order valence-electron chi connectivity index (χ1n) is 5.62. The standard InChI is InChI=1S/C14H17FN2O/c1-3-9-17(10-4-2)11-14(16-18)12-5-7-13(15)8-6-12/h3-8,18H,1-2,9-11H2/b16-14+. The van der Waals surface area contributed by atoms with E-state index >= 15 is 0 Å². The second-order valence-electron chi connectivity index (χ2n) is 3.83. The van der Waals surface area contributed by atoms with Crippen LogP contribution in [0, 0.1) is 5.82 Å². The SMILES string of the molecule is C=CCN(CC=C)C/C(=N\O)c1ccc(F)cc1. The minimum atomic E-state index is -0.315. The van der Waals surface area contributed by atoms with Crippen molar-refractivity contribution in [2.75, 3.05) is 19.6 Å². The maximum atomic E-state index is 12.8. The summed E-state index contributed by atoms with van der Waals surface area (Å²) in [4.78, 5) is 2.00. The largest absolute Gasteiger partial charge is 0.411 e. The highest BCUT2D eigenvalue weighted by molar-refractivity contribution is 6.01. The molecule has 1 rings (SSSR count). The van der Waals surface area contributed by atoms with Crippen LogP contribution < -0.4 is 0 Å². The van der Waals surface area contributed by atoms with Crippen molar-refractivity contribution in [3.05, 3.63) is 61.0 Å². The molecule has 0 unspecified atom stereocenters. The van der Waals surface area contributed by atoms with E-state index in [1.54, 1.807) is 24.3 Å². The third kappa shape index (κ3) is 4.14. The van der Waals surface area contributed by atoms with Gasteiger partial charge in [0.2, 0.25) is 0 Å². The van der Waals surface area contributed by atoms with Gasteiger partial charge in [0.15, 0.2) is 0 Å². The molecule has 1 N–H and O–H groups in total. The Hall–Kier alpha value is -1.94. The molecule has 0 aliphatic heterocycles. The summed E-state index contributed by atoms with van der Waals surface area (Å²) in [5.41, 5.74) is 1.18. The zero-order valence-electron chi connectivity index (χ0n) is 10.2. The summed E-state index contributed by atoms with van der Waals surface area (Å²) in [5, 5.41) is 12.3. The summed E-state index contributed by atoms with van der Waals surface area (Å²) in [6.07, 6.45) is 3.53. The third-order valence-electron chi connectivity index (χ3n) is 2.45. The van der Waals surface area contributed by atoms with E-state index in [2.05, 4.69) is 18.3 Å². The summed E-state index contributed by atoms with van der Waals surface area (Å²) < 4.78 is 12.8. The van der Waals surface area contributed by atoms with Crippen molar-refractivity contribution >= 4 is 5.71 Å². The lowest BCUT2D eigenvalue weighted by atomic mass is 10.1. The van der Waals surface area contributed by atoms with Gasteiger partial charge in [-0.2, -0.15) is 0 Å². The molecule has 4 heteroatoms. The van der Waals surface area contributed by atoms with Gasteiger partial charge < -0.3 is 5.21 Å². The van der Waals surface area contributed by atoms with E-state index in [4.69, 9.17) is 5.21 Å². The van der Waals surface area contributed by atoms with Gasteiger partial charge >= 0.3 is 0 Å². The minimum Gasteiger partial charge on any atom is -0.411 e. The zero-order valence-corrected chi connectivity index (χ0v) is 10.2. The van der Waals surface area contributed by atoms with Gasteiger partial charge in [-0.1, -0.05) is 29.4 Å². The number of hydrogen-bond donors (Lipinski definition) is 1. The number of oxime groups is 1. The van der Waals surface area contributed by atoms with Crippen molar-refractivity contribution in [1.82, 2.24) is 4.90 Å². The molecule has 0 aromatic heterocycles. The average molecular weight is 248 g/mol. The van der Waals surface area contributed by atoms with Crippen LogP contribution in [0.15, 0.2) is 54.7 Å². The van der Waals surface area contributed by atoms with Gasteiger partial charge in [0.05, 0.1) is 0 Å². The lowest BCUT2D eigenvalue weighted by molar-refractivity contribution is 0.311. The van der Waals surface area contributed by atoms with Crippen LogP contribution in [0.5, 0.6) is 0 Å². The predicted molar refractivity (Wildman–Crippen MR) is 71.6 cm³/mol. The van der Waals surface area contributed by atoms with E-state index < -0.39 is 0 Å². The molecule has 1 aromatic carbocycles. The fraction of sp³-hybridized carbons (Fsp3) is 0.214. The van der Waals surface area contributed by atoms with Gasteiger partial charge in [-0.25, -0.2) is 4.39 Å². The van der Waals surface area contributed by atoms with Crippen LogP contribution >= 0.6 is 0 Å². The first-order valence-corrected chi connectivity index (χ1v) is 5.62. The second kappa shape index (κ2) is 7.40. The molecule has 0 aliphatic carbocycles. The monoisotopic (exact) mass is 248 g/mol. The van der Waals surface area contributed by atoms with Crippen molar-refractivity contribution in [3.63, 3.8) is 0 Å². The molecule has 18 heavy (non-hydrogen) atoms. The molecule has 0 heterocycles. The number of halogens is 1.